The SMILES string of the molecule is Cc1ccc(-c2csc3ncnc(N(C)CCc4ccncc4)c23)c(C)c1. The molecule has 4 aromatic rings. The molecule has 4 rings (SSSR count). The van der Waals surface area contributed by atoms with Crippen molar-refractivity contribution in [3.63, 3.8) is 0 Å². The molecule has 0 amide bonds. The van der Waals surface area contributed by atoms with E-state index in [-0.39, 0.29) is 0 Å². The van der Waals surface area contributed by atoms with Crippen LogP contribution in [0.3, 0.4) is 0 Å². The number of benzene rings is 1. The Labute approximate surface area is 163 Å². The number of aryl methyl sites for hydroxylation is 2. The van der Waals surface area contributed by atoms with Gasteiger partial charge in [0.15, 0.2) is 0 Å². The lowest BCUT2D eigenvalue weighted by Crippen LogP contribution is -2.21. The van der Waals surface area contributed by atoms with E-state index in [0.29, 0.717) is 0 Å². The van der Waals surface area contributed by atoms with Crippen molar-refractivity contribution in [2.75, 3.05) is 18.5 Å². The molecule has 136 valence electrons. The van der Waals surface area contributed by atoms with Crippen molar-refractivity contribution in [3.05, 3.63) is 71.1 Å². The van der Waals surface area contributed by atoms with Crippen molar-refractivity contribution in [1.29, 1.82) is 0 Å². The molecule has 0 fully saturated rings. The Balaban J connectivity index is 1.72. The van der Waals surface area contributed by atoms with Crippen molar-refractivity contribution in [1.82, 2.24) is 15.0 Å². The molecule has 0 unspecified atom stereocenters. The summed E-state index contributed by atoms with van der Waals surface area (Å²) in [6.07, 6.45) is 6.31. The van der Waals surface area contributed by atoms with Crippen molar-refractivity contribution in [2.24, 2.45) is 0 Å². The molecule has 4 nitrogen and oxygen atoms in total. The molecular weight excluding hydrogens is 352 g/mol. The molecule has 3 aromatic heterocycles. The van der Waals surface area contributed by atoms with Gasteiger partial charge >= 0.3 is 0 Å². The Kier molecular flexibility index (Phi) is 4.86. The molecule has 27 heavy (non-hydrogen) atoms. The highest BCUT2D eigenvalue weighted by molar-refractivity contribution is 7.17. The van der Waals surface area contributed by atoms with Crippen LogP contribution in [0.25, 0.3) is 21.3 Å². The lowest BCUT2D eigenvalue weighted by atomic mass is 9.99. The van der Waals surface area contributed by atoms with Crippen LogP contribution in [-0.2, 0) is 6.42 Å². The third kappa shape index (κ3) is 3.55. The summed E-state index contributed by atoms with van der Waals surface area (Å²) < 4.78 is 0. The van der Waals surface area contributed by atoms with Crippen LogP contribution < -0.4 is 4.90 Å². The third-order valence-corrected chi connectivity index (χ3v) is 5.76. The van der Waals surface area contributed by atoms with E-state index in [0.717, 1.165) is 29.0 Å². The second-order valence-electron chi connectivity index (χ2n) is 6.87. The van der Waals surface area contributed by atoms with Crippen LogP contribution in [-0.4, -0.2) is 28.5 Å². The van der Waals surface area contributed by atoms with Crippen LogP contribution in [0.5, 0.6) is 0 Å². The quantitative estimate of drug-likeness (QED) is 0.490. The predicted molar refractivity (Wildman–Crippen MR) is 114 cm³/mol. The van der Waals surface area contributed by atoms with E-state index in [1.807, 2.05) is 12.4 Å². The van der Waals surface area contributed by atoms with Crippen LogP contribution >= 0.6 is 11.3 Å². The van der Waals surface area contributed by atoms with Gasteiger partial charge in [-0.05, 0) is 49.1 Å². The monoisotopic (exact) mass is 374 g/mol. The lowest BCUT2D eigenvalue weighted by Gasteiger charge is -2.19. The average molecular weight is 375 g/mol. The Morgan fingerprint density at radius 1 is 1.00 bits per heavy atom. The maximum absolute atomic E-state index is 4.63. The second-order valence-corrected chi connectivity index (χ2v) is 7.73. The van der Waals surface area contributed by atoms with Crippen LogP contribution in [0.4, 0.5) is 5.82 Å². The minimum absolute atomic E-state index is 0.887. The van der Waals surface area contributed by atoms with Gasteiger partial charge in [-0.15, -0.1) is 11.3 Å². The molecule has 0 spiro atoms. The van der Waals surface area contributed by atoms with E-state index in [1.165, 1.54) is 27.8 Å². The number of aromatic nitrogens is 3. The molecule has 0 saturated heterocycles. The highest BCUT2D eigenvalue weighted by atomic mass is 32.1. The zero-order valence-electron chi connectivity index (χ0n) is 15.8. The number of hydrogen-bond donors (Lipinski definition) is 0. The van der Waals surface area contributed by atoms with Crippen molar-refractivity contribution in [2.45, 2.75) is 20.3 Å². The summed E-state index contributed by atoms with van der Waals surface area (Å²) in [7, 11) is 2.10. The van der Waals surface area contributed by atoms with Gasteiger partial charge in [-0.25, -0.2) is 9.97 Å². The van der Waals surface area contributed by atoms with Crippen molar-refractivity contribution >= 4 is 27.4 Å². The number of hydrogen-bond acceptors (Lipinski definition) is 5. The van der Waals surface area contributed by atoms with Gasteiger partial charge in [0.1, 0.15) is 17.0 Å². The number of thiophene rings is 1. The first-order valence-corrected chi connectivity index (χ1v) is 9.91. The molecular formula is C22H22N4S. The fourth-order valence-corrected chi connectivity index (χ4v) is 4.32. The molecule has 0 atom stereocenters. The Hall–Kier alpha value is -2.79. The third-order valence-electron chi connectivity index (χ3n) is 4.87. The predicted octanol–water partition coefficient (Wildman–Crippen LogP) is 5.05. The molecule has 1 aromatic carbocycles. The largest absolute Gasteiger partial charge is 0.359 e. The number of fused-ring (bicyclic) bond motifs is 1. The van der Waals surface area contributed by atoms with Crippen molar-refractivity contribution in [3.8, 4) is 11.1 Å². The zero-order chi connectivity index (χ0) is 18.8. The number of likely N-dealkylation sites (N-methyl/N-ethyl adjacent to an activating group) is 1. The van der Waals surface area contributed by atoms with E-state index in [9.17, 15) is 0 Å². The average Bonchev–Trinajstić information content (AvgIpc) is 3.11. The molecule has 3 heterocycles. The standard InChI is InChI=1S/C22H22N4S/c1-15-4-5-18(16(2)12-15)19-13-27-22-20(19)21(24-14-25-22)26(3)11-8-17-6-9-23-10-7-17/h4-7,9-10,12-14H,8,11H2,1-3H3. The summed E-state index contributed by atoms with van der Waals surface area (Å²) in [5.41, 5.74) is 6.32. The Morgan fingerprint density at radius 2 is 1.81 bits per heavy atom. The topological polar surface area (TPSA) is 41.9 Å². The fraction of sp³-hybridized carbons (Fsp3) is 0.227. The van der Waals surface area contributed by atoms with Crippen LogP contribution in [0, 0.1) is 13.8 Å². The van der Waals surface area contributed by atoms with E-state index in [2.05, 4.69) is 76.5 Å². The van der Waals surface area contributed by atoms with Crippen LogP contribution in [0.1, 0.15) is 16.7 Å². The summed E-state index contributed by atoms with van der Waals surface area (Å²) in [4.78, 5) is 16.5. The summed E-state index contributed by atoms with van der Waals surface area (Å²) >= 11 is 1.68. The molecule has 0 radical (unpaired) electrons. The van der Waals surface area contributed by atoms with Gasteiger partial charge in [0, 0.05) is 36.9 Å². The maximum Gasteiger partial charge on any atom is 0.141 e. The number of rotatable bonds is 5. The van der Waals surface area contributed by atoms with Gasteiger partial charge in [0.25, 0.3) is 0 Å². The van der Waals surface area contributed by atoms with Gasteiger partial charge in [-0.2, -0.15) is 0 Å². The van der Waals surface area contributed by atoms with Gasteiger partial charge in [-0.1, -0.05) is 23.8 Å². The first-order chi connectivity index (χ1) is 13.1. The van der Waals surface area contributed by atoms with Crippen LogP contribution in [0.15, 0.2) is 54.4 Å². The summed E-state index contributed by atoms with van der Waals surface area (Å²) in [5.74, 6) is 0.991. The second kappa shape index (κ2) is 7.45. The van der Waals surface area contributed by atoms with Crippen LogP contribution in [0.2, 0.25) is 0 Å². The number of pyridine rings is 1. The summed E-state index contributed by atoms with van der Waals surface area (Å²) in [6, 6.07) is 10.7. The normalized spacial score (nSPS) is 11.1. The van der Waals surface area contributed by atoms with E-state index >= 15 is 0 Å². The van der Waals surface area contributed by atoms with Gasteiger partial charge in [0.2, 0.25) is 0 Å². The molecule has 0 aliphatic rings. The minimum atomic E-state index is 0.887. The molecule has 0 saturated carbocycles. The molecule has 0 bridgehead atoms. The first kappa shape index (κ1) is 17.6. The number of anilines is 1. The molecule has 0 aliphatic carbocycles. The van der Waals surface area contributed by atoms with E-state index in [4.69, 9.17) is 0 Å². The maximum atomic E-state index is 4.63. The van der Waals surface area contributed by atoms with Gasteiger partial charge < -0.3 is 4.90 Å². The molecule has 0 aliphatic heterocycles. The highest BCUT2D eigenvalue weighted by Gasteiger charge is 2.17. The van der Waals surface area contributed by atoms with E-state index < -0.39 is 0 Å². The molecule has 5 heteroatoms. The minimum Gasteiger partial charge on any atom is -0.359 e. The summed E-state index contributed by atoms with van der Waals surface area (Å²) in [5, 5.41) is 3.35. The smallest absolute Gasteiger partial charge is 0.141 e. The summed E-state index contributed by atoms with van der Waals surface area (Å²) in [6.45, 7) is 5.19. The molecule has 0 N–H and O–H groups in total. The Bertz CT molecular complexity index is 1070. The van der Waals surface area contributed by atoms with Crippen molar-refractivity contribution < 1.29 is 0 Å². The Morgan fingerprint density at radius 3 is 2.59 bits per heavy atom. The zero-order valence-corrected chi connectivity index (χ0v) is 16.6. The lowest BCUT2D eigenvalue weighted by molar-refractivity contribution is 0.861. The highest BCUT2D eigenvalue weighted by Crippen LogP contribution is 2.38. The number of nitrogens with zero attached hydrogens (tertiary/aromatic N) is 4. The van der Waals surface area contributed by atoms with E-state index in [1.54, 1.807) is 17.7 Å². The van der Waals surface area contributed by atoms with Gasteiger partial charge in [0.05, 0.1) is 5.39 Å². The fourth-order valence-electron chi connectivity index (χ4n) is 3.41. The van der Waals surface area contributed by atoms with Gasteiger partial charge in [-0.3, -0.25) is 4.98 Å². The first-order valence-electron chi connectivity index (χ1n) is 9.03.